The number of carbonyl (C=O) groups is 1. The lowest BCUT2D eigenvalue weighted by Crippen LogP contribution is -1.95. The molecule has 0 saturated carbocycles. The summed E-state index contributed by atoms with van der Waals surface area (Å²) in [5, 5.41) is 0. The van der Waals surface area contributed by atoms with Crippen LogP contribution < -0.4 is 0 Å². The molecule has 0 amide bonds. The fourth-order valence-electron chi connectivity index (χ4n) is 1.28. The van der Waals surface area contributed by atoms with Crippen molar-refractivity contribution < 1.29 is 4.79 Å². The monoisotopic (exact) mass is 285 g/mol. The maximum atomic E-state index is 11.8. The van der Waals surface area contributed by atoms with Crippen LogP contribution in [0.2, 0.25) is 0 Å². The van der Waals surface area contributed by atoms with Crippen LogP contribution >= 0.6 is 15.9 Å². The van der Waals surface area contributed by atoms with Crippen LogP contribution in [0.25, 0.3) is 0 Å². The molecule has 3 heteroatoms. The molecule has 0 spiro atoms. The van der Waals surface area contributed by atoms with Crippen molar-refractivity contribution in [2.75, 3.05) is 0 Å². The Morgan fingerprint density at radius 1 is 1.18 bits per heavy atom. The van der Waals surface area contributed by atoms with Gasteiger partial charge in [0.2, 0.25) is 5.78 Å². The first-order chi connectivity index (χ1) is 8.27. The summed E-state index contributed by atoms with van der Waals surface area (Å²) >= 11 is 3.32. The Kier molecular flexibility index (Phi) is 3.69. The first-order valence-corrected chi connectivity index (χ1v) is 5.77. The van der Waals surface area contributed by atoms with Crippen molar-refractivity contribution in [2.45, 2.75) is 0 Å². The van der Waals surface area contributed by atoms with Crippen molar-refractivity contribution in [3.05, 3.63) is 64.4 Å². The summed E-state index contributed by atoms with van der Waals surface area (Å²) in [6.45, 7) is 0. The summed E-state index contributed by atoms with van der Waals surface area (Å²) in [5.74, 6) is 5.18. The second kappa shape index (κ2) is 5.42. The van der Waals surface area contributed by atoms with Crippen LogP contribution in [0, 0.1) is 11.8 Å². The molecule has 0 saturated heterocycles. The fourth-order valence-corrected chi connectivity index (χ4v) is 1.74. The van der Waals surface area contributed by atoms with E-state index >= 15 is 0 Å². The molecule has 0 unspecified atom stereocenters. The van der Waals surface area contributed by atoms with Gasteiger partial charge < -0.3 is 0 Å². The molecule has 0 aliphatic rings. The maximum Gasteiger partial charge on any atom is 0.237 e. The van der Waals surface area contributed by atoms with E-state index in [-0.39, 0.29) is 5.78 Å². The van der Waals surface area contributed by atoms with Gasteiger partial charge in [-0.1, -0.05) is 34.0 Å². The van der Waals surface area contributed by atoms with E-state index in [0.29, 0.717) is 5.56 Å². The molecule has 0 aliphatic heterocycles. The summed E-state index contributed by atoms with van der Waals surface area (Å²) in [6.07, 6.45) is 3.29. The third-order valence-corrected chi connectivity index (χ3v) is 2.79. The number of carbonyl (C=O) groups excluding carboxylic acids is 1. The Labute approximate surface area is 108 Å². The molecule has 0 bridgehead atoms. The van der Waals surface area contributed by atoms with Gasteiger partial charge in [-0.3, -0.25) is 9.78 Å². The number of pyridine rings is 1. The van der Waals surface area contributed by atoms with E-state index in [1.807, 2.05) is 24.3 Å². The van der Waals surface area contributed by atoms with Crippen LogP contribution in [0.1, 0.15) is 15.9 Å². The molecular formula is C14H8BrNO. The summed E-state index contributed by atoms with van der Waals surface area (Å²) in [5.41, 5.74) is 1.30. The molecule has 2 aromatic rings. The number of Topliss-reactive ketones (excluding diaryl/α,β-unsaturated/α-hetero) is 1. The molecule has 0 fully saturated rings. The second-order valence-electron chi connectivity index (χ2n) is 3.30. The van der Waals surface area contributed by atoms with Gasteiger partial charge in [-0.25, -0.2) is 0 Å². The van der Waals surface area contributed by atoms with Crippen molar-refractivity contribution in [3.63, 3.8) is 0 Å². The van der Waals surface area contributed by atoms with Crippen LogP contribution in [-0.4, -0.2) is 10.8 Å². The predicted octanol–water partition coefficient (Wildman–Crippen LogP) is 3.08. The molecule has 2 nitrogen and oxygen atoms in total. The SMILES string of the molecule is O=C(C#Cc1cccnc1)c1ccccc1Br. The lowest BCUT2D eigenvalue weighted by Gasteiger charge is -1.96. The molecule has 82 valence electrons. The number of hydrogen-bond acceptors (Lipinski definition) is 2. The molecule has 0 atom stereocenters. The number of aromatic nitrogens is 1. The zero-order valence-electron chi connectivity index (χ0n) is 8.85. The lowest BCUT2D eigenvalue weighted by molar-refractivity contribution is 0.105. The maximum absolute atomic E-state index is 11.8. The Bertz CT molecular complexity index is 596. The van der Waals surface area contributed by atoms with E-state index in [0.717, 1.165) is 10.0 Å². The number of rotatable bonds is 1. The number of hydrogen-bond donors (Lipinski definition) is 0. The van der Waals surface area contributed by atoms with Gasteiger partial charge in [0.05, 0.1) is 0 Å². The van der Waals surface area contributed by atoms with Crippen LogP contribution in [0.5, 0.6) is 0 Å². The normalized spacial score (nSPS) is 9.24. The number of benzene rings is 1. The minimum Gasteiger partial charge on any atom is -0.279 e. The topological polar surface area (TPSA) is 30.0 Å². The summed E-state index contributed by atoms with van der Waals surface area (Å²) < 4.78 is 0.755. The van der Waals surface area contributed by atoms with Crippen molar-refractivity contribution in [1.82, 2.24) is 4.98 Å². The van der Waals surface area contributed by atoms with Gasteiger partial charge in [0.1, 0.15) is 0 Å². The van der Waals surface area contributed by atoms with E-state index in [4.69, 9.17) is 0 Å². The van der Waals surface area contributed by atoms with Gasteiger partial charge in [0.15, 0.2) is 0 Å². The van der Waals surface area contributed by atoms with E-state index in [1.54, 1.807) is 24.5 Å². The van der Waals surface area contributed by atoms with Gasteiger partial charge >= 0.3 is 0 Å². The van der Waals surface area contributed by atoms with Crippen molar-refractivity contribution in [3.8, 4) is 11.8 Å². The highest BCUT2D eigenvalue weighted by Gasteiger charge is 2.05. The first-order valence-electron chi connectivity index (χ1n) is 4.98. The van der Waals surface area contributed by atoms with E-state index in [9.17, 15) is 4.79 Å². The van der Waals surface area contributed by atoms with Gasteiger partial charge in [-0.05, 0) is 30.2 Å². The average molecular weight is 286 g/mol. The lowest BCUT2D eigenvalue weighted by atomic mass is 10.1. The Morgan fingerprint density at radius 3 is 2.71 bits per heavy atom. The standard InChI is InChI=1S/C14H8BrNO/c15-13-6-2-1-5-12(13)14(17)8-7-11-4-3-9-16-10-11/h1-6,9-10H. The minimum absolute atomic E-state index is 0.207. The Hall–Kier alpha value is -1.92. The largest absolute Gasteiger partial charge is 0.279 e. The number of halogens is 1. The van der Waals surface area contributed by atoms with Crippen molar-refractivity contribution in [1.29, 1.82) is 0 Å². The smallest absolute Gasteiger partial charge is 0.237 e. The molecule has 1 heterocycles. The Morgan fingerprint density at radius 2 is 2.00 bits per heavy atom. The second-order valence-corrected chi connectivity index (χ2v) is 4.16. The molecule has 0 aliphatic carbocycles. The van der Waals surface area contributed by atoms with Crippen molar-refractivity contribution >= 4 is 21.7 Å². The van der Waals surface area contributed by atoms with Crippen molar-refractivity contribution in [2.24, 2.45) is 0 Å². The molecule has 0 N–H and O–H groups in total. The van der Waals surface area contributed by atoms with Crippen LogP contribution in [0.3, 0.4) is 0 Å². The molecule has 1 aromatic carbocycles. The molecule has 1 aromatic heterocycles. The fraction of sp³-hybridized carbons (Fsp3) is 0. The van der Waals surface area contributed by atoms with Crippen LogP contribution in [0.4, 0.5) is 0 Å². The summed E-state index contributed by atoms with van der Waals surface area (Å²) in [7, 11) is 0. The van der Waals surface area contributed by atoms with E-state index in [1.165, 1.54) is 0 Å². The minimum atomic E-state index is -0.207. The quantitative estimate of drug-likeness (QED) is 0.595. The van der Waals surface area contributed by atoms with E-state index < -0.39 is 0 Å². The van der Waals surface area contributed by atoms with Gasteiger partial charge in [-0.2, -0.15) is 0 Å². The average Bonchev–Trinajstić information content (AvgIpc) is 2.38. The number of ketones is 1. The van der Waals surface area contributed by atoms with Gasteiger partial charge in [-0.15, -0.1) is 0 Å². The molecular weight excluding hydrogens is 278 g/mol. The summed E-state index contributed by atoms with van der Waals surface area (Å²) in [6, 6.07) is 10.8. The summed E-state index contributed by atoms with van der Waals surface area (Å²) in [4.78, 5) is 15.7. The van der Waals surface area contributed by atoms with Crippen LogP contribution in [-0.2, 0) is 0 Å². The molecule has 2 rings (SSSR count). The van der Waals surface area contributed by atoms with Gasteiger partial charge in [0, 0.05) is 28.0 Å². The third-order valence-electron chi connectivity index (χ3n) is 2.10. The molecule has 0 radical (unpaired) electrons. The predicted molar refractivity (Wildman–Crippen MR) is 69.6 cm³/mol. The molecule has 17 heavy (non-hydrogen) atoms. The highest BCUT2D eigenvalue weighted by molar-refractivity contribution is 9.10. The zero-order valence-corrected chi connectivity index (χ0v) is 10.4. The van der Waals surface area contributed by atoms with Crippen LogP contribution in [0.15, 0.2) is 53.3 Å². The Balaban J connectivity index is 2.24. The van der Waals surface area contributed by atoms with Gasteiger partial charge in [0.25, 0.3) is 0 Å². The first kappa shape index (κ1) is 11.6. The highest BCUT2D eigenvalue weighted by Crippen LogP contribution is 2.15. The zero-order chi connectivity index (χ0) is 12.1. The third kappa shape index (κ3) is 3.02. The van der Waals surface area contributed by atoms with E-state index in [2.05, 4.69) is 32.8 Å². The highest BCUT2D eigenvalue weighted by atomic mass is 79.9. The number of nitrogens with zero attached hydrogens (tertiary/aromatic N) is 1.